The number of rotatable bonds is 3. The molecule has 0 saturated carbocycles. The van der Waals surface area contributed by atoms with Crippen molar-refractivity contribution >= 4 is 11.6 Å². The Hall–Kier alpha value is -0.600. The molecule has 1 saturated heterocycles. The van der Waals surface area contributed by atoms with Crippen LogP contribution in [-0.2, 0) is 6.42 Å². The van der Waals surface area contributed by atoms with E-state index < -0.39 is 6.17 Å². The molecule has 0 amide bonds. The second-order valence-corrected chi connectivity index (χ2v) is 4.84. The van der Waals surface area contributed by atoms with Crippen LogP contribution in [0.1, 0.15) is 24.8 Å². The predicted molar refractivity (Wildman–Crippen MR) is 65.7 cm³/mol. The van der Waals surface area contributed by atoms with Crippen LogP contribution in [0.2, 0.25) is 5.02 Å². The average molecular weight is 242 g/mol. The number of halogens is 2. The standard InChI is InChI=1S/C13H17ClFN/c14-11-6-4-10(5-7-11)9-12(15)13-3-1-2-8-16-13/h4-7,12-13,16H,1-3,8-9H2. The summed E-state index contributed by atoms with van der Waals surface area (Å²) in [5, 5.41) is 3.95. The number of piperidine rings is 1. The molecule has 2 atom stereocenters. The third kappa shape index (κ3) is 3.19. The van der Waals surface area contributed by atoms with Crippen LogP contribution in [0, 0.1) is 0 Å². The third-order valence-corrected chi connectivity index (χ3v) is 3.38. The van der Waals surface area contributed by atoms with Gasteiger partial charge in [-0.05, 0) is 37.1 Å². The van der Waals surface area contributed by atoms with Gasteiger partial charge in [0, 0.05) is 17.5 Å². The summed E-state index contributed by atoms with van der Waals surface area (Å²) in [6.45, 7) is 0.950. The molecule has 0 spiro atoms. The lowest BCUT2D eigenvalue weighted by Gasteiger charge is -2.26. The van der Waals surface area contributed by atoms with E-state index in [1.165, 1.54) is 6.42 Å². The van der Waals surface area contributed by atoms with Crippen LogP contribution in [0.3, 0.4) is 0 Å². The molecule has 0 bridgehead atoms. The minimum absolute atomic E-state index is 0.0319. The monoisotopic (exact) mass is 241 g/mol. The maximum Gasteiger partial charge on any atom is 0.119 e. The van der Waals surface area contributed by atoms with Crippen molar-refractivity contribution in [2.45, 2.75) is 37.9 Å². The summed E-state index contributed by atoms with van der Waals surface area (Å²) in [6, 6.07) is 7.47. The Morgan fingerprint density at radius 3 is 2.69 bits per heavy atom. The lowest BCUT2D eigenvalue weighted by atomic mass is 9.96. The van der Waals surface area contributed by atoms with Crippen molar-refractivity contribution < 1.29 is 4.39 Å². The predicted octanol–water partition coefficient (Wildman–Crippen LogP) is 3.36. The molecule has 0 aromatic heterocycles. The lowest BCUT2D eigenvalue weighted by molar-refractivity contribution is 0.217. The first-order valence-electron chi connectivity index (χ1n) is 5.87. The van der Waals surface area contributed by atoms with Crippen LogP contribution in [0.25, 0.3) is 0 Å². The van der Waals surface area contributed by atoms with Gasteiger partial charge in [-0.25, -0.2) is 4.39 Å². The van der Waals surface area contributed by atoms with E-state index in [-0.39, 0.29) is 6.04 Å². The van der Waals surface area contributed by atoms with E-state index in [1.807, 2.05) is 24.3 Å². The van der Waals surface area contributed by atoms with Gasteiger partial charge in [0.15, 0.2) is 0 Å². The van der Waals surface area contributed by atoms with Crippen LogP contribution in [0.15, 0.2) is 24.3 Å². The summed E-state index contributed by atoms with van der Waals surface area (Å²) in [7, 11) is 0. The molecule has 2 rings (SSSR count). The summed E-state index contributed by atoms with van der Waals surface area (Å²) in [4.78, 5) is 0. The quantitative estimate of drug-likeness (QED) is 0.856. The van der Waals surface area contributed by atoms with E-state index in [1.54, 1.807) is 0 Å². The van der Waals surface area contributed by atoms with Gasteiger partial charge < -0.3 is 5.32 Å². The highest BCUT2D eigenvalue weighted by atomic mass is 35.5. The molecule has 1 aliphatic heterocycles. The van der Waals surface area contributed by atoms with Gasteiger partial charge in [0.05, 0.1) is 0 Å². The fraction of sp³-hybridized carbons (Fsp3) is 0.538. The molecule has 16 heavy (non-hydrogen) atoms. The molecular weight excluding hydrogens is 225 g/mol. The van der Waals surface area contributed by atoms with E-state index >= 15 is 0 Å². The van der Waals surface area contributed by atoms with E-state index in [0.717, 1.165) is 24.9 Å². The normalized spacial score (nSPS) is 23.0. The third-order valence-electron chi connectivity index (χ3n) is 3.13. The molecule has 0 radical (unpaired) electrons. The summed E-state index contributed by atoms with van der Waals surface area (Å²) in [5.41, 5.74) is 1.02. The van der Waals surface area contributed by atoms with Crippen LogP contribution in [-0.4, -0.2) is 18.8 Å². The molecule has 1 nitrogen and oxygen atoms in total. The lowest BCUT2D eigenvalue weighted by Crippen LogP contribution is -2.42. The minimum atomic E-state index is -0.790. The summed E-state index contributed by atoms with van der Waals surface area (Å²) in [5.74, 6) is 0. The Morgan fingerprint density at radius 1 is 1.31 bits per heavy atom. The Balaban J connectivity index is 1.90. The molecule has 1 aromatic carbocycles. The van der Waals surface area contributed by atoms with E-state index in [4.69, 9.17) is 11.6 Å². The number of hydrogen-bond acceptors (Lipinski definition) is 1. The molecule has 2 unspecified atom stereocenters. The molecule has 1 fully saturated rings. The zero-order valence-corrected chi connectivity index (χ0v) is 10.0. The molecule has 1 N–H and O–H groups in total. The first-order valence-corrected chi connectivity index (χ1v) is 6.25. The highest BCUT2D eigenvalue weighted by Gasteiger charge is 2.22. The highest BCUT2D eigenvalue weighted by Crippen LogP contribution is 2.18. The minimum Gasteiger partial charge on any atom is -0.311 e. The van der Waals surface area contributed by atoms with E-state index in [2.05, 4.69) is 5.32 Å². The maximum absolute atomic E-state index is 14.0. The summed E-state index contributed by atoms with van der Waals surface area (Å²) >= 11 is 5.79. The molecule has 1 aliphatic rings. The Labute approximate surface area is 101 Å². The fourth-order valence-corrected chi connectivity index (χ4v) is 2.30. The van der Waals surface area contributed by atoms with Crippen LogP contribution in [0.5, 0.6) is 0 Å². The van der Waals surface area contributed by atoms with Crippen molar-refractivity contribution in [3.05, 3.63) is 34.9 Å². The van der Waals surface area contributed by atoms with Crippen LogP contribution in [0.4, 0.5) is 4.39 Å². The average Bonchev–Trinajstić information content (AvgIpc) is 2.33. The van der Waals surface area contributed by atoms with Crippen molar-refractivity contribution in [2.75, 3.05) is 6.54 Å². The molecular formula is C13H17ClFN. The zero-order valence-electron chi connectivity index (χ0n) is 9.26. The summed E-state index contributed by atoms with van der Waals surface area (Å²) in [6.07, 6.45) is 2.95. The van der Waals surface area contributed by atoms with Gasteiger partial charge in [0.1, 0.15) is 6.17 Å². The second-order valence-electron chi connectivity index (χ2n) is 4.40. The fourth-order valence-electron chi connectivity index (χ4n) is 2.18. The molecule has 0 aliphatic carbocycles. The smallest absolute Gasteiger partial charge is 0.119 e. The van der Waals surface area contributed by atoms with E-state index in [0.29, 0.717) is 11.4 Å². The number of nitrogens with one attached hydrogen (secondary N) is 1. The van der Waals surface area contributed by atoms with Gasteiger partial charge in [0.25, 0.3) is 0 Å². The van der Waals surface area contributed by atoms with Gasteiger partial charge >= 0.3 is 0 Å². The SMILES string of the molecule is FC(Cc1ccc(Cl)cc1)C1CCCCN1. The molecule has 1 heterocycles. The molecule has 3 heteroatoms. The van der Waals surface area contributed by atoms with Crippen molar-refractivity contribution in [3.63, 3.8) is 0 Å². The largest absolute Gasteiger partial charge is 0.311 e. The Bertz CT molecular complexity index is 319. The van der Waals surface area contributed by atoms with Gasteiger partial charge in [-0.2, -0.15) is 0 Å². The van der Waals surface area contributed by atoms with Gasteiger partial charge in [0.2, 0.25) is 0 Å². The summed E-state index contributed by atoms with van der Waals surface area (Å²) < 4.78 is 14.0. The van der Waals surface area contributed by atoms with Gasteiger partial charge in [-0.3, -0.25) is 0 Å². The van der Waals surface area contributed by atoms with E-state index in [9.17, 15) is 4.39 Å². The molecule has 88 valence electrons. The van der Waals surface area contributed by atoms with Gasteiger partial charge in [-0.1, -0.05) is 30.2 Å². The Kier molecular flexibility index (Phi) is 4.19. The van der Waals surface area contributed by atoms with Gasteiger partial charge in [-0.15, -0.1) is 0 Å². The second kappa shape index (κ2) is 5.65. The van der Waals surface area contributed by atoms with Crippen molar-refractivity contribution in [1.82, 2.24) is 5.32 Å². The van der Waals surface area contributed by atoms with Crippen LogP contribution >= 0.6 is 11.6 Å². The highest BCUT2D eigenvalue weighted by molar-refractivity contribution is 6.30. The number of alkyl halides is 1. The molecule has 1 aromatic rings. The van der Waals surface area contributed by atoms with Crippen LogP contribution < -0.4 is 5.32 Å². The zero-order chi connectivity index (χ0) is 11.4. The first kappa shape index (κ1) is 11.9. The number of hydrogen-bond donors (Lipinski definition) is 1. The van der Waals surface area contributed by atoms with Crippen molar-refractivity contribution in [1.29, 1.82) is 0 Å². The first-order chi connectivity index (χ1) is 7.75. The van der Waals surface area contributed by atoms with Crippen molar-refractivity contribution in [3.8, 4) is 0 Å². The van der Waals surface area contributed by atoms with Crippen molar-refractivity contribution in [2.24, 2.45) is 0 Å². The topological polar surface area (TPSA) is 12.0 Å². The maximum atomic E-state index is 14.0. The number of benzene rings is 1. The Morgan fingerprint density at radius 2 is 2.06 bits per heavy atom.